The lowest BCUT2D eigenvalue weighted by Crippen LogP contribution is -2.36. The van der Waals surface area contributed by atoms with Gasteiger partial charge in [-0.3, -0.25) is 14.7 Å². The summed E-state index contributed by atoms with van der Waals surface area (Å²) in [4.78, 5) is 24.4. The van der Waals surface area contributed by atoms with Crippen molar-refractivity contribution >= 4 is 59.9 Å². The zero-order valence-electron chi connectivity index (χ0n) is 23.1. The van der Waals surface area contributed by atoms with Crippen LogP contribution in [0.25, 0.3) is 10.2 Å². The number of aromatic nitrogens is 2. The Balaban J connectivity index is 1.14. The van der Waals surface area contributed by atoms with Gasteiger partial charge in [-0.05, 0) is 97.2 Å². The Morgan fingerprint density at radius 3 is 2.76 bits per heavy atom. The Hall–Kier alpha value is -3.31. The summed E-state index contributed by atoms with van der Waals surface area (Å²) in [5.74, 6) is 0.694. The Morgan fingerprint density at radius 1 is 1.12 bits per heavy atom. The molecule has 0 radical (unpaired) electrons. The van der Waals surface area contributed by atoms with Crippen LogP contribution in [0.15, 0.2) is 76.9 Å². The van der Waals surface area contributed by atoms with E-state index in [9.17, 15) is 4.79 Å². The number of allylic oxidation sites excluding steroid dienone is 1. The zero-order chi connectivity index (χ0) is 28.4. The Kier molecular flexibility index (Phi) is 10.4. The van der Waals surface area contributed by atoms with Gasteiger partial charge in [0.05, 0.1) is 33.6 Å². The molecular formula is C31H34BrN5O3S. The van der Waals surface area contributed by atoms with Crippen molar-refractivity contribution in [3.8, 4) is 5.75 Å². The number of morpholine rings is 1. The summed E-state index contributed by atoms with van der Waals surface area (Å²) >= 11 is 5.14. The van der Waals surface area contributed by atoms with Crippen molar-refractivity contribution in [2.75, 3.05) is 43.5 Å². The lowest BCUT2D eigenvalue weighted by molar-refractivity contribution is -0.113. The van der Waals surface area contributed by atoms with Crippen LogP contribution in [0, 0.1) is 0 Å². The quantitative estimate of drug-likeness (QED) is 0.126. The molecule has 8 nitrogen and oxygen atoms in total. The van der Waals surface area contributed by atoms with Crippen LogP contribution in [-0.2, 0) is 16.1 Å². The molecule has 0 aliphatic carbocycles. The first-order valence-electron chi connectivity index (χ1n) is 13.8. The van der Waals surface area contributed by atoms with Gasteiger partial charge in [-0.1, -0.05) is 23.5 Å². The van der Waals surface area contributed by atoms with Gasteiger partial charge in [0.2, 0.25) is 0 Å². The first kappa shape index (κ1) is 29.2. The second kappa shape index (κ2) is 14.5. The van der Waals surface area contributed by atoms with Crippen molar-refractivity contribution < 1.29 is 14.3 Å². The maximum Gasteiger partial charge on any atom is 0.251 e. The summed E-state index contributed by atoms with van der Waals surface area (Å²) in [6.07, 6.45) is 6.51. The van der Waals surface area contributed by atoms with Crippen LogP contribution in [0.2, 0.25) is 0 Å². The third kappa shape index (κ3) is 8.36. The second-order valence-electron chi connectivity index (χ2n) is 9.76. The van der Waals surface area contributed by atoms with Crippen molar-refractivity contribution in [1.82, 2.24) is 14.9 Å². The second-order valence-corrected chi connectivity index (χ2v) is 11.6. The van der Waals surface area contributed by atoms with Gasteiger partial charge in [0.15, 0.2) is 5.13 Å². The van der Waals surface area contributed by atoms with Crippen molar-refractivity contribution in [2.45, 2.75) is 32.8 Å². The molecule has 1 saturated heterocycles. The average Bonchev–Trinajstić information content (AvgIpc) is 3.39. The fraction of sp³-hybridized carbons (Fsp3) is 0.323. The highest BCUT2D eigenvalue weighted by atomic mass is 79.9. The first-order valence-corrected chi connectivity index (χ1v) is 15.4. The molecular weight excluding hydrogens is 602 g/mol. The number of ether oxygens (including phenoxy) is 2. The van der Waals surface area contributed by atoms with Crippen molar-refractivity contribution in [2.24, 2.45) is 0 Å². The van der Waals surface area contributed by atoms with E-state index in [1.165, 1.54) is 11.3 Å². The Labute approximate surface area is 252 Å². The summed E-state index contributed by atoms with van der Waals surface area (Å²) in [6, 6.07) is 17.4. The summed E-state index contributed by atoms with van der Waals surface area (Å²) in [7, 11) is 0. The maximum atomic E-state index is 13.0. The van der Waals surface area contributed by atoms with Crippen LogP contribution in [0.1, 0.15) is 31.9 Å². The van der Waals surface area contributed by atoms with Gasteiger partial charge < -0.3 is 20.1 Å². The smallest absolute Gasteiger partial charge is 0.251 e. The molecule has 2 aromatic heterocycles. The number of halogens is 1. The van der Waals surface area contributed by atoms with Crippen molar-refractivity contribution in [3.63, 3.8) is 0 Å². The number of nitrogens with zero attached hydrogens (tertiary/aromatic N) is 3. The van der Waals surface area contributed by atoms with Gasteiger partial charge in [-0.2, -0.15) is 0 Å². The van der Waals surface area contributed by atoms with E-state index in [0.29, 0.717) is 6.61 Å². The third-order valence-electron chi connectivity index (χ3n) is 6.85. The minimum atomic E-state index is -0.0451. The SMILES string of the molecule is CC=C(CCCCN1CCOCC1)C(=O)Nc1ccc2nc(Nc3ccc(OCc4ccccn4)c(Br)c3)sc2c1. The predicted molar refractivity (Wildman–Crippen MR) is 169 cm³/mol. The highest BCUT2D eigenvalue weighted by molar-refractivity contribution is 9.10. The van der Waals surface area contributed by atoms with Gasteiger partial charge in [0.1, 0.15) is 12.4 Å². The van der Waals surface area contributed by atoms with E-state index in [1.54, 1.807) is 6.20 Å². The van der Waals surface area contributed by atoms with Crippen molar-refractivity contribution in [1.29, 1.82) is 0 Å². The van der Waals surface area contributed by atoms with Crippen molar-refractivity contribution in [3.05, 3.63) is 82.6 Å². The number of thiazole rings is 1. The van der Waals surface area contributed by atoms with E-state index >= 15 is 0 Å². The van der Waals surface area contributed by atoms with Crippen LogP contribution >= 0.6 is 27.3 Å². The fourth-order valence-electron chi connectivity index (χ4n) is 4.59. The zero-order valence-corrected chi connectivity index (χ0v) is 25.5. The maximum absolute atomic E-state index is 13.0. The number of rotatable bonds is 12. The first-order chi connectivity index (χ1) is 20.1. The summed E-state index contributed by atoms with van der Waals surface area (Å²) in [5.41, 5.74) is 4.22. The number of anilines is 3. The normalized spacial score (nSPS) is 14.2. The fourth-order valence-corrected chi connectivity index (χ4v) is 6.00. The number of benzene rings is 2. The summed E-state index contributed by atoms with van der Waals surface area (Å²) in [6.45, 7) is 7.02. The summed E-state index contributed by atoms with van der Waals surface area (Å²) < 4.78 is 13.1. The number of nitrogens with one attached hydrogen (secondary N) is 2. The van der Waals surface area contributed by atoms with Gasteiger partial charge in [-0.15, -0.1) is 0 Å². The molecule has 2 N–H and O–H groups in total. The largest absolute Gasteiger partial charge is 0.486 e. The molecule has 1 aliphatic rings. The van der Waals surface area contributed by atoms with Gasteiger partial charge in [0.25, 0.3) is 5.91 Å². The molecule has 2 aromatic carbocycles. The van der Waals surface area contributed by atoms with Gasteiger partial charge >= 0.3 is 0 Å². The van der Waals surface area contributed by atoms with E-state index in [0.717, 1.165) is 100 Å². The molecule has 41 heavy (non-hydrogen) atoms. The van der Waals surface area contributed by atoms with E-state index in [1.807, 2.05) is 67.6 Å². The van der Waals surface area contributed by atoms with Crippen LogP contribution in [-0.4, -0.2) is 53.6 Å². The van der Waals surface area contributed by atoms with Crippen LogP contribution in [0.4, 0.5) is 16.5 Å². The number of fused-ring (bicyclic) bond motifs is 1. The molecule has 1 aliphatic heterocycles. The van der Waals surface area contributed by atoms with E-state index in [4.69, 9.17) is 14.5 Å². The monoisotopic (exact) mass is 635 g/mol. The van der Waals surface area contributed by atoms with Gasteiger partial charge in [0, 0.05) is 36.2 Å². The number of carbonyl (C=O) groups excluding carboxylic acids is 1. The molecule has 3 heterocycles. The van der Waals surface area contributed by atoms with E-state index in [-0.39, 0.29) is 5.91 Å². The lowest BCUT2D eigenvalue weighted by Gasteiger charge is -2.26. The topological polar surface area (TPSA) is 88.6 Å². The number of carbonyl (C=O) groups is 1. The molecule has 10 heteroatoms. The minimum absolute atomic E-state index is 0.0451. The van der Waals surface area contributed by atoms with E-state index < -0.39 is 0 Å². The van der Waals surface area contributed by atoms with Crippen LogP contribution in [0.3, 0.4) is 0 Å². The molecule has 0 atom stereocenters. The number of amides is 1. The highest BCUT2D eigenvalue weighted by Gasteiger charge is 2.13. The molecule has 0 spiro atoms. The molecule has 5 rings (SSSR count). The lowest BCUT2D eigenvalue weighted by atomic mass is 10.1. The number of pyridine rings is 1. The molecule has 0 saturated carbocycles. The minimum Gasteiger partial charge on any atom is -0.486 e. The average molecular weight is 637 g/mol. The number of hydrogen-bond donors (Lipinski definition) is 2. The Bertz CT molecular complexity index is 1490. The summed E-state index contributed by atoms with van der Waals surface area (Å²) in [5, 5.41) is 7.22. The highest BCUT2D eigenvalue weighted by Crippen LogP contribution is 2.33. The molecule has 0 bridgehead atoms. The van der Waals surface area contributed by atoms with Gasteiger partial charge in [-0.25, -0.2) is 4.98 Å². The van der Waals surface area contributed by atoms with Crippen LogP contribution in [0.5, 0.6) is 5.75 Å². The molecule has 214 valence electrons. The van der Waals surface area contributed by atoms with Crippen LogP contribution < -0.4 is 15.4 Å². The Morgan fingerprint density at radius 2 is 1.98 bits per heavy atom. The molecule has 1 amide bonds. The number of hydrogen-bond acceptors (Lipinski definition) is 8. The van der Waals surface area contributed by atoms with E-state index in [2.05, 4.69) is 36.4 Å². The standard InChI is InChI=1S/C31H34BrN5O3S/c1-2-22(7-4-6-14-37-15-17-39-18-16-37)30(38)34-24-9-11-27-29(20-24)41-31(36-27)35-23-10-12-28(26(32)19-23)40-21-25-8-3-5-13-33-25/h2-3,5,8-13,19-20H,4,6-7,14-18,21H2,1H3,(H,34,38)(H,35,36). The molecule has 1 fully saturated rings. The molecule has 0 unspecified atom stereocenters. The third-order valence-corrected chi connectivity index (χ3v) is 8.40. The molecule has 4 aromatic rings. The number of unbranched alkanes of at least 4 members (excludes halogenated alkanes) is 1. The predicted octanol–water partition coefficient (Wildman–Crippen LogP) is 7.16.